The van der Waals surface area contributed by atoms with Crippen molar-refractivity contribution in [2.45, 2.75) is 60.4 Å². The number of nitrogens with one attached hydrogen (secondary N) is 1. The molecule has 2 amide bonds. The van der Waals surface area contributed by atoms with E-state index in [1.54, 1.807) is 32.2 Å². The zero-order chi connectivity index (χ0) is 45.9. The first-order chi connectivity index (χ1) is 30.4. The molecule has 1 fully saturated rings. The number of fused-ring (bicyclic) bond motifs is 1. The second kappa shape index (κ2) is 24.9. The summed E-state index contributed by atoms with van der Waals surface area (Å²) >= 11 is 1.39. The summed E-state index contributed by atoms with van der Waals surface area (Å²) in [6, 6.07) is 5.33. The molecule has 0 unspecified atom stereocenters. The first kappa shape index (κ1) is 49.3. The maximum Gasteiger partial charge on any atom is 0.317 e. The van der Waals surface area contributed by atoms with E-state index >= 15 is 0 Å². The van der Waals surface area contributed by atoms with Crippen LogP contribution in [0.2, 0.25) is 0 Å². The standard InChI is InChI=1S/C35H45N9O5S.C7H9NO2.CH2O2/c1-6-26-31(49-24(3)40-26)34(46)41-35-44(33-29(50-35)18-23(2)21-39-33)12-8-7-11-43(22-37-4)30-27(38-5)19-25(32(36)45)20-28(30)48-15-9-10-42-13-16-47-17-14-42;1-3-6-7(4-9)10-5(2)8-6;2-1-3/h7-8,18-21,37H,5-6,9-17,22H2,1-4H3,(H2,36,45);4H,3H2,1-2H3;1H,(H,2,3)/b8-7+,41-35?;;. The van der Waals surface area contributed by atoms with Gasteiger partial charge < -0.3 is 39.4 Å². The van der Waals surface area contributed by atoms with Gasteiger partial charge in [-0.05, 0) is 63.7 Å². The van der Waals surface area contributed by atoms with E-state index in [0.717, 1.165) is 67.3 Å². The molecule has 4 N–H and O–H groups in total. The van der Waals surface area contributed by atoms with Crippen molar-refractivity contribution in [3.63, 3.8) is 0 Å². The van der Waals surface area contributed by atoms with Crippen LogP contribution in [0.25, 0.3) is 10.3 Å². The summed E-state index contributed by atoms with van der Waals surface area (Å²) in [6.45, 7) is 18.7. The quantitative estimate of drug-likeness (QED) is 0.0350. The number of primary amides is 1. The summed E-state index contributed by atoms with van der Waals surface area (Å²) in [5.74, 6) is 0.943. The van der Waals surface area contributed by atoms with E-state index in [1.807, 2.05) is 55.5 Å². The number of oxazole rings is 2. The Bertz CT molecular complexity index is 2430. The van der Waals surface area contributed by atoms with Gasteiger partial charge in [0, 0.05) is 58.3 Å². The highest BCUT2D eigenvalue weighted by molar-refractivity contribution is 7.16. The lowest BCUT2D eigenvalue weighted by atomic mass is 10.1. The fourth-order valence-electron chi connectivity index (χ4n) is 6.54. The van der Waals surface area contributed by atoms with Gasteiger partial charge in [0.25, 0.3) is 6.47 Å². The average molecular weight is 889 g/mol. The number of nitrogens with zero attached hydrogens (tertiary/aromatic N) is 8. The third-order valence-electron chi connectivity index (χ3n) is 9.40. The summed E-state index contributed by atoms with van der Waals surface area (Å²) in [7, 11) is 1.85. The van der Waals surface area contributed by atoms with E-state index in [2.05, 4.69) is 41.9 Å². The topological polar surface area (TPSA) is 246 Å². The van der Waals surface area contributed by atoms with E-state index < -0.39 is 11.8 Å². The number of carboxylic acid groups (broad SMARTS) is 1. The van der Waals surface area contributed by atoms with Crippen LogP contribution in [-0.2, 0) is 28.9 Å². The molecular weight excluding hydrogens is 833 g/mol. The van der Waals surface area contributed by atoms with Crippen LogP contribution >= 0.6 is 11.3 Å². The first-order valence-corrected chi connectivity index (χ1v) is 21.2. The number of hydrogen-bond donors (Lipinski definition) is 3. The van der Waals surface area contributed by atoms with Crippen molar-refractivity contribution in [2.24, 2.45) is 15.7 Å². The minimum Gasteiger partial charge on any atom is -0.491 e. The minimum absolute atomic E-state index is 0.157. The van der Waals surface area contributed by atoms with E-state index in [4.69, 9.17) is 33.9 Å². The third-order valence-corrected chi connectivity index (χ3v) is 10.4. The van der Waals surface area contributed by atoms with Crippen molar-refractivity contribution in [1.29, 1.82) is 0 Å². The lowest BCUT2D eigenvalue weighted by Gasteiger charge is -2.28. The lowest BCUT2D eigenvalue weighted by molar-refractivity contribution is -0.122. The van der Waals surface area contributed by atoms with E-state index in [9.17, 15) is 14.4 Å². The monoisotopic (exact) mass is 888 g/mol. The molecule has 20 heteroatoms. The minimum atomic E-state index is -0.576. The van der Waals surface area contributed by atoms with Crippen LogP contribution in [0.3, 0.4) is 0 Å². The number of carbonyl (C=O) groups excluding carboxylic acids is 3. The number of amides is 2. The van der Waals surface area contributed by atoms with Crippen LogP contribution in [0.5, 0.6) is 5.75 Å². The van der Waals surface area contributed by atoms with Gasteiger partial charge in [-0.3, -0.25) is 33.6 Å². The van der Waals surface area contributed by atoms with Crippen molar-refractivity contribution >= 4 is 64.3 Å². The van der Waals surface area contributed by atoms with Gasteiger partial charge in [-0.25, -0.2) is 15.0 Å². The van der Waals surface area contributed by atoms with Gasteiger partial charge in [-0.2, -0.15) is 4.99 Å². The number of carbonyl (C=O) groups is 4. The van der Waals surface area contributed by atoms with E-state index in [1.165, 1.54) is 11.3 Å². The third kappa shape index (κ3) is 13.8. The molecule has 338 valence electrons. The van der Waals surface area contributed by atoms with Gasteiger partial charge in [0.1, 0.15) is 11.4 Å². The van der Waals surface area contributed by atoms with Crippen LogP contribution < -0.4 is 25.5 Å². The normalized spacial score (nSPS) is 13.0. The number of thiazole rings is 1. The maximum atomic E-state index is 13.3. The number of pyridine rings is 1. The number of allylic oxidation sites excluding steroid dienone is 1. The molecule has 63 heavy (non-hydrogen) atoms. The highest BCUT2D eigenvalue weighted by Gasteiger charge is 2.21. The van der Waals surface area contributed by atoms with Crippen LogP contribution in [0, 0.1) is 20.8 Å². The number of benzene rings is 1. The van der Waals surface area contributed by atoms with E-state index in [-0.39, 0.29) is 12.2 Å². The first-order valence-electron chi connectivity index (χ1n) is 20.3. The number of hydrogen-bond acceptors (Lipinski definition) is 16. The largest absolute Gasteiger partial charge is 0.491 e. The number of ether oxygens (including phenoxy) is 2. The number of nitrogens with two attached hydrogens (primary N) is 1. The molecule has 1 saturated heterocycles. The number of aldehydes is 1. The molecule has 1 aromatic carbocycles. The maximum absolute atomic E-state index is 13.3. The number of aromatic nitrogens is 4. The van der Waals surface area contributed by atoms with Gasteiger partial charge in [0.05, 0.1) is 48.3 Å². The Morgan fingerprint density at radius 3 is 2.40 bits per heavy atom. The summed E-state index contributed by atoms with van der Waals surface area (Å²) in [4.78, 5) is 70.7. The second-order valence-electron chi connectivity index (χ2n) is 14.0. The van der Waals surface area contributed by atoms with Crippen LogP contribution in [0.1, 0.15) is 80.5 Å². The van der Waals surface area contributed by atoms with Crippen LogP contribution in [0.15, 0.2) is 55.4 Å². The molecule has 5 heterocycles. The van der Waals surface area contributed by atoms with Crippen LogP contribution in [-0.4, -0.2) is 121 Å². The molecule has 1 aliphatic rings. The SMILES string of the molecule is C=Nc1cc(C(N)=O)cc(OCCCN2CCOCC2)c1N(C/C=C/Cn1c(=NC(=O)c2oc(C)nc2CC)sc2cc(C)cnc21)CNC.CCc1nc(C)oc1C=O.O=CO. The van der Waals surface area contributed by atoms with Gasteiger partial charge >= 0.3 is 5.91 Å². The number of aliphatic imine (C=N–C) groups is 1. The molecule has 0 spiro atoms. The number of rotatable bonds is 18. The zero-order valence-corrected chi connectivity index (χ0v) is 37.4. The van der Waals surface area contributed by atoms with Gasteiger partial charge in [0.15, 0.2) is 34.3 Å². The second-order valence-corrected chi connectivity index (χ2v) is 15.0. The zero-order valence-electron chi connectivity index (χ0n) is 36.6. The average Bonchev–Trinajstić information content (AvgIpc) is 3.96. The Hall–Kier alpha value is -6.35. The molecule has 4 aromatic heterocycles. The number of aryl methyl sites for hydroxylation is 5. The highest BCUT2D eigenvalue weighted by Crippen LogP contribution is 2.39. The number of morpholine rings is 1. The summed E-state index contributed by atoms with van der Waals surface area (Å²) < 4.78 is 25.2. The molecule has 0 atom stereocenters. The van der Waals surface area contributed by atoms with Gasteiger partial charge in [-0.15, -0.1) is 0 Å². The Balaban J connectivity index is 0.000000578. The molecule has 19 nitrogen and oxygen atoms in total. The van der Waals surface area contributed by atoms with Crippen molar-refractivity contribution in [1.82, 2.24) is 29.7 Å². The Kier molecular flexibility index (Phi) is 19.5. The Morgan fingerprint density at radius 1 is 1.06 bits per heavy atom. The molecule has 5 aromatic rings. The lowest BCUT2D eigenvalue weighted by Crippen LogP contribution is -2.37. The van der Waals surface area contributed by atoms with Crippen molar-refractivity contribution in [3.8, 4) is 5.75 Å². The van der Waals surface area contributed by atoms with Crippen molar-refractivity contribution < 1.29 is 42.6 Å². The summed E-state index contributed by atoms with van der Waals surface area (Å²) in [5.41, 5.74) is 10.2. The number of anilines is 1. The van der Waals surface area contributed by atoms with Crippen LogP contribution in [0.4, 0.5) is 11.4 Å². The molecule has 0 radical (unpaired) electrons. The molecule has 0 bridgehead atoms. The molecule has 0 aliphatic carbocycles. The fraction of sp³-hybridized carbons (Fsp3) is 0.419. The highest BCUT2D eigenvalue weighted by atomic mass is 32.1. The summed E-state index contributed by atoms with van der Waals surface area (Å²) in [6.07, 6.45) is 8.60. The Morgan fingerprint density at radius 2 is 1.76 bits per heavy atom. The Labute approximate surface area is 369 Å². The molecule has 1 aliphatic heterocycles. The summed E-state index contributed by atoms with van der Waals surface area (Å²) in [5, 5.41) is 10.1. The fourth-order valence-corrected chi connectivity index (χ4v) is 7.63. The van der Waals surface area contributed by atoms with Gasteiger partial charge in [-0.1, -0.05) is 37.3 Å². The van der Waals surface area contributed by atoms with Crippen molar-refractivity contribution in [2.75, 3.05) is 64.6 Å². The molecular formula is C43H56N10O9S. The molecule has 6 rings (SSSR count). The molecule has 0 saturated carbocycles. The van der Waals surface area contributed by atoms with Crippen molar-refractivity contribution in [3.05, 3.63) is 87.2 Å². The predicted octanol–water partition coefficient (Wildman–Crippen LogP) is 4.84. The predicted molar refractivity (Wildman–Crippen MR) is 240 cm³/mol. The van der Waals surface area contributed by atoms with Gasteiger partial charge in [0.2, 0.25) is 11.7 Å². The smallest absolute Gasteiger partial charge is 0.317 e. The van der Waals surface area contributed by atoms with E-state index in [0.29, 0.717) is 89.8 Å².